The van der Waals surface area contributed by atoms with E-state index in [2.05, 4.69) is 21.3 Å². The number of aliphatic hydroxyl groups excluding tert-OH is 1. The maximum Gasteiger partial charge on any atom is 0.322 e. The maximum atomic E-state index is 12.8. The summed E-state index contributed by atoms with van der Waals surface area (Å²) >= 11 is 0. The Balaban J connectivity index is 2.87. The Morgan fingerprint density at radius 3 is 2.11 bits per heavy atom. The summed E-state index contributed by atoms with van der Waals surface area (Å²) in [5.41, 5.74) is 11.7. The molecule has 0 fully saturated rings. The van der Waals surface area contributed by atoms with Crippen molar-refractivity contribution in [3.63, 3.8) is 0 Å². The van der Waals surface area contributed by atoms with Gasteiger partial charge in [0.05, 0.1) is 6.61 Å². The SMILES string of the molecule is C[C@H](NC(=O)[C@H](CCCCN)NC(=O)[C@@H](N)CO)C(=O)N[C@@H](Cc1ccccc1)C(=O)NCC(=O)O. The van der Waals surface area contributed by atoms with Gasteiger partial charge in [0.25, 0.3) is 0 Å². The zero-order valence-electron chi connectivity index (χ0n) is 20.2. The number of hydrogen-bond donors (Lipinski definition) is 8. The van der Waals surface area contributed by atoms with Gasteiger partial charge in [0.1, 0.15) is 30.7 Å². The predicted octanol–water partition coefficient (Wildman–Crippen LogP) is -2.65. The zero-order valence-corrected chi connectivity index (χ0v) is 20.2. The number of unbranched alkanes of at least 4 members (excludes halogenated alkanes) is 1. The molecule has 1 aromatic carbocycles. The molecule has 1 rings (SSSR count). The van der Waals surface area contributed by atoms with Crippen molar-refractivity contribution in [1.29, 1.82) is 0 Å². The minimum Gasteiger partial charge on any atom is -0.480 e. The van der Waals surface area contributed by atoms with Gasteiger partial charge in [0.15, 0.2) is 0 Å². The Hall–Kier alpha value is -3.55. The van der Waals surface area contributed by atoms with Gasteiger partial charge in [-0.15, -0.1) is 0 Å². The highest BCUT2D eigenvalue weighted by atomic mass is 16.4. The number of amides is 4. The molecule has 0 saturated carbocycles. The molecule has 0 unspecified atom stereocenters. The van der Waals surface area contributed by atoms with Gasteiger partial charge < -0.3 is 42.9 Å². The first kappa shape index (κ1) is 30.5. The Morgan fingerprint density at radius 1 is 0.889 bits per heavy atom. The number of benzene rings is 1. The highest BCUT2D eigenvalue weighted by Crippen LogP contribution is 2.05. The molecule has 0 saturated heterocycles. The summed E-state index contributed by atoms with van der Waals surface area (Å²) in [5.74, 6) is -3.99. The molecular weight excluding hydrogens is 472 g/mol. The van der Waals surface area contributed by atoms with E-state index in [-0.39, 0.29) is 12.8 Å². The molecule has 13 heteroatoms. The average Bonchev–Trinajstić information content (AvgIpc) is 2.86. The molecule has 36 heavy (non-hydrogen) atoms. The quantitative estimate of drug-likeness (QED) is 0.109. The average molecular weight is 509 g/mol. The van der Waals surface area contributed by atoms with Crippen molar-refractivity contribution in [2.24, 2.45) is 11.5 Å². The molecule has 0 aliphatic heterocycles. The summed E-state index contributed by atoms with van der Waals surface area (Å²) < 4.78 is 0. The smallest absolute Gasteiger partial charge is 0.322 e. The number of aliphatic carboxylic acids is 1. The molecule has 0 aromatic heterocycles. The molecule has 10 N–H and O–H groups in total. The van der Waals surface area contributed by atoms with Gasteiger partial charge in [-0.25, -0.2) is 0 Å². The lowest BCUT2D eigenvalue weighted by Gasteiger charge is -2.24. The van der Waals surface area contributed by atoms with Crippen molar-refractivity contribution >= 4 is 29.6 Å². The van der Waals surface area contributed by atoms with E-state index in [1.807, 2.05) is 0 Å². The first-order valence-electron chi connectivity index (χ1n) is 11.6. The van der Waals surface area contributed by atoms with E-state index in [0.717, 1.165) is 5.56 Å². The van der Waals surface area contributed by atoms with Gasteiger partial charge in [-0.3, -0.25) is 24.0 Å². The fraction of sp³-hybridized carbons (Fsp3) is 0.522. The number of aliphatic hydroxyl groups is 1. The number of carboxylic acid groups (broad SMARTS) is 1. The molecule has 4 amide bonds. The van der Waals surface area contributed by atoms with E-state index in [1.165, 1.54) is 6.92 Å². The number of rotatable bonds is 16. The third-order valence-corrected chi connectivity index (χ3v) is 5.19. The number of nitrogens with one attached hydrogen (secondary N) is 4. The van der Waals surface area contributed by atoms with Crippen LogP contribution in [0.25, 0.3) is 0 Å². The molecule has 1 aromatic rings. The van der Waals surface area contributed by atoms with Gasteiger partial charge in [-0.1, -0.05) is 30.3 Å². The molecular formula is C23H36N6O7. The van der Waals surface area contributed by atoms with E-state index in [9.17, 15) is 24.0 Å². The summed E-state index contributed by atoms with van der Waals surface area (Å²) in [4.78, 5) is 61.0. The predicted molar refractivity (Wildman–Crippen MR) is 130 cm³/mol. The monoisotopic (exact) mass is 508 g/mol. The van der Waals surface area contributed by atoms with Crippen molar-refractivity contribution in [3.05, 3.63) is 35.9 Å². The summed E-state index contributed by atoms with van der Waals surface area (Å²) in [7, 11) is 0. The lowest BCUT2D eigenvalue weighted by molar-refractivity contribution is -0.138. The fourth-order valence-electron chi connectivity index (χ4n) is 3.14. The Labute approximate surface area is 209 Å². The molecule has 200 valence electrons. The normalized spacial score (nSPS) is 14.0. The third-order valence-electron chi connectivity index (χ3n) is 5.19. The largest absolute Gasteiger partial charge is 0.480 e. The summed E-state index contributed by atoms with van der Waals surface area (Å²) in [6.45, 7) is 0.575. The van der Waals surface area contributed by atoms with Crippen molar-refractivity contribution < 1.29 is 34.2 Å². The summed E-state index contributed by atoms with van der Waals surface area (Å²) in [6.07, 6.45) is 1.45. The standard InChI is InChI=1S/C23H36N6O7/c1-14(27-23(36)17(9-5-6-10-24)28-21(34)16(25)13-30)20(33)29-18(22(35)26-12-19(31)32)11-15-7-3-2-4-8-15/h2-4,7-8,14,16-18,30H,5-6,9-13,24-25H2,1H3,(H,26,35)(H,27,36)(H,28,34)(H,29,33)(H,31,32)/t14-,16-,17-,18-/m0/s1. The second-order valence-electron chi connectivity index (χ2n) is 8.23. The molecule has 0 radical (unpaired) electrons. The minimum atomic E-state index is -1.24. The van der Waals surface area contributed by atoms with E-state index >= 15 is 0 Å². The third kappa shape index (κ3) is 11.3. The molecule has 0 bridgehead atoms. The fourth-order valence-corrected chi connectivity index (χ4v) is 3.14. The molecule has 0 aliphatic rings. The van der Waals surface area contributed by atoms with E-state index in [4.69, 9.17) is 21.7 Å². The van der Waals surface area contributed by atoms with Crippen LogP contribution in [0.1, 0.15) is 31.7 Å². The number of carbonyl (C=O) groups excluding carboxylic acids is 4. The number of carbonyl (C=O) groups is 5. The Kier molecular flexibility index (Phi) is 13.7. The van der Waals surface area contributed by atoms with Crippen LogP contribution in [0.5, 0.6) is 0 Å². The van der Waals surface area contributed by atoms with Crippen LogP contribution in [0.15, 0.2) is 30.3 Å². The zero-order chi connectivity index (χ0) is 27.1. The Morgan fingerprint density at radius 2 is 1.53 bits per heavy atom. The maximum absolute atomic E-state index is 12.8. The minimum absolute atomic E-state index is 0.0928. The van der Waals surface area contributed by atoms with Crippen molar-refractivity contribution in [2.45, 2.75) is 56.8 Å². The van der Waals surface area contributed by atoms with Crippen LogP contribution in [0.2, 0.25) is 0 Å². The van der Waals surface area contributed by atoms with Crippen LogP contribution < -0.4 is 32.7 Å². The van der Waals surface area contributed by atoms with Gasteiger partial charge in [0.2, 0.25) is 23.6 Å². The lowest BCUT2D eigenvalue weighted by atomic mass is 10.0. The lowest BCUT2D eigenvalue weighted by Crippen LogP contribution is -2.57. The van der Waals surface area contributed by atoms with Crippen LogP contribution in [-0.4, -0.2) is 83.7 Å². The van der Waals surface area contributed by atoms with Gasteiger partial charge in [-0.05, 0) is 38.3 Å². The van der Waals surface area contributed by atoms with Gasteiger partial charge >= 0.3 is 5.97 Å². The van der Waals surface area contributed by atoms with Gasteiger partial charge in [0, 0.05) is 6.42 Å². The molecule has 0 aliphatic carbocycles. The highest BCUT2D eigenvalue weighted by Gasteiger charge is 2.28. The van der Waals surface area contributed by atoms with Gasteiger partial charge in [-0.2, -0.15) is 0 Å². The van der Waals surface area contributed by atoms with E-state index in [0.29, 0.717) is 19.4 Å². The number of carboxylic acids is 1. The van der Waals surface area contributed by atoms with E-state index in [1.54, 1.807) is 30.3 Å². The van der Waals surface area contributed by atoms with Crippen LogP contribution in [0.4, 0.5) is 0 Å². The van der Waals surface area contributed by atoms with Crippen LogP contribution >= 0.6 is 0 Å². The second kappa shape index (κ2) is 16.2. The molecule has 4 atom stereocenters. The van der Waals surface area contributed by atoms with Crippen LogP contribution in [-0.2, 0) is 30.4 Å². The Bertz CT molecular complexity index is 883. The van der Waals surface area contributed by atoms with Crippen molar-refractivity contribution in [1.82, 2.24) is 21.3 Å². The van der Waals surface area contributed by atoms with E-state index < -0.39 is 66.9 Å². The highest BCUT2D eigenvalue weighted by molar-refractivity contribution is 5.95. The number of nitrogens with two attached hydrogens (primary N) is 2. The first-order valence-corrected chi connectivity index (χ1v) is 11.6. The summed E-state index contributed by atoms with van der Waals surface area (Å²) in [5, 5.41) is 27.7. The number of hydrogen-bond acceptors (Lipinski definition) is 8. The van der Waals surface area contributed by atoms with Crippen molar-refractivity contribution in [2.75, 3.05) is 19.7 Å². The molecule has 0 heterocycles. The van der Waals surface area contributed by atoms with Crippen LogP contribution in [0.3, 0.4) is 0 Å². The van der Waals surface area contributed by atoms with Crippen molar-refractivity contribution in [3.8, 4) is 0 Å². The second-order valence-corrected chi connectivity index (χ2v) is 8.23. The first-order chi connectivity index (χ1) is 17.1. The molecule has 0 spiro atoms. The summed E-state index contributed by atoms with van der Waals surface area (Å²) in [6, 6.07) is 4.39. The topological polar surface area (TPSA) is 226 Å². The molecule has 13 nitrogen and oxygen atoms in total. The van der Waals surface area contributed by atoms with Crippen LogP contribution in [0, 0.1) is 0 Å².